The van der Waals surface area contributed by atoms with Crippen LogP contribution in [-0.4, -0.2) is 36.0 Å². The summed E-state index contributed by atoms with van der Waals surface area (Å²) >= 11 is 0. The SMILES string of the molecule is C=CCOC1CCN(c2ccc(-c3ccc(F)cc3)nn2)C1. The molecule has 1 fully saturated rings. The topological polar surface area (TPSA) is 38.2 Å². The van der Waals surface area contributed by atoms with Crippen molar-refractivity contribution in [1.29, 1.82) is 0 Å². The van der Waals surface area contributed by atoms with E-state index in [9.17, 15) is 4.39 Å². The Morgan fingerprint density at radius 3 is 2.73 bits per heavy atom. The van der Waals surface area contributed by atoms with Gasteiger partial charge in [0.05, 0.1) is 18.4 Å². The molecule has 1 aliphatic rings. The van der Waals surface area contributed by atoms with E-state index in [-0.39, 0.29) is 11.9 Å². The normalized spacial score (nSPS) is 17.7. The van der Waals surface area contributed by atoms with Gasteiger partial charge in [0.25, 0.3) is 0 Å². The van der Waals surface area contributed by atoms with Crippen molar-refractivity contribution in [3.63, 3.8) is 0 Å². The molecule has 2 aromatic rings. The summed E-state index contributed by atoms with van der Waals surface area (Å²) in [6.07, 6.45) is 2.96. The van der Waals surface area contributed by atoms with Crippen LogP contribution >= 0.6 is 0 Å². The van der Waals surface area contributed by atoms with Crippen LogP contribution in [0.1, 0.15) is 6.42 Å². The van der Waals surface area contributed by atoms with Crippen molar-refractivity contribution in [2.24, 2.45) is 0 Å². The molecule has 1 aliphatic heterocycles. The molecule has 1 aromatic heterocycles. The third-order valence-electron chi connectivity index (χ3n) is 3.71. The Morgan fingerprint density at radius 1 is 1.23 bits per heavy atom. The molecule has 0 aliphatic carbocycles. The Labute approximate surface area is 129 Å². The van der Waals surface area contributed by atoms with Gasteiger partial charge >= 0.3 is 0 Å². The van der Waals surface area contributed by atoms with E-state index < -0.39 is 0 Å². The molecule has 1 unspecified atom stereocenters. The lowest BCUT2D eigenvalue weighted by Crippen LogP contribution is -2.24. The first-order chi connectivity index (χ1) is 10.8. The van der Waals surface area contributed by atoms with E-state index in [2.05, 4.69) is 21.7 Å². The molecule has 114 valence electrons. The number of hydrogen-bond acceptors (Lipinski definition) is 4. The van der Waals surface area contributed by atoms with Gasteiger partial charge < -0.3 is 9.64 Å². The van der Waals surface area contributed by atoms with Crippen LogP contribution in [0.5, 0.6) is 0 Å². The van der Waals surface area contributed by atoms with Crippen molar-refractivity contribution in [2.45, 2.75) is 12.5 Å². The lowest BCUT2D eigenvalue weighted by atomic mass is 10.1. The molecule has 22 heavy (non-hydrogen) atoms. The molecule has 1 atom stereocenters. The minimum atomic E-state index is -0.254. The number of rotatable bonds is 5. The Morgan fingerprint density at radius 2 is 2.05 bits per heavy atom. The van der Waals surface area contributed by atoms with Gasteiger partial charge in [0.15, 0.2) is 5.82 Å². The highest BCUT2D eigenvalue weighted by Gasteiger charge is 2.24. The Kier molecular flexibility index (Phi) is 4.44. The predicted octanol–water partition coefficient (Wildman–Crippen LogP) is 3.06. The van der Waals surface area contributed by atoms with Crippen LogP contribution < -0.4 is 4.90 Å². The van der Waals surface area contributed by atoms with Gasteiger partial charge in [-0.3, -0.25) is 0 Å². The maximum atomic E-state index is 12.9. The molecule has 1 aromatic carbocycles. The molecule has 0 saturated carbocycles. The van der Waals surface area contributed by atoms with Gasteiger partial charge in [-0.25, -0.2) is 4.39 Å². The van der Waals surface area contributed by atoms with Crippen molar-refractivity contribution in [1.82, 2.24) is 10.2 Å². The van der Waals surface area contributed by atoms with Gasteiger partial charge in [-0.05, 0) is 42.8 Å². The minimum Gasteiger partial charge on any atom is -0.372 e. The molecule has 1 saturated heterocycles. The Hall–Kier alpha value is -2.27. The highest BCUT2D eigenvalue weighted by atomic mass is 19.1. The second kappa shape index (κ2) is 6.66. The maximum absolute atomic E-state index is 12.9. The fourth-order valence-corrected chi connectivity index (χ4v) is 2.54. The zero-order valence-electron chi connectivity index (χ0n) is 12.3. The summed E-state index contributed by atoms with van der Waals surface area (Å²) in [5.41, 5.74) is 1.59. The second-order valence-electron chi connectivity index (χ2n) is 5.26. The van der Waals surface area contributed by atoms with Gasteiger partial charge in [-0.15, -0.1) is 16.8 Å². The number of ether oxygens (including phenoxy) is 1. The van der Waals surface area contributed by atoms with Crippen molar-refractivity contribution in [2.75, 3.05) is 24.6 Å². The lowest BCUT2D eigenvalue weighted by molar-refractivity contribution is 0.0909. The summed E-state index contributed by atoms with van der Waals surface area (Å²) in [6.45, 7) is 5.96. The summed E-state index contributed by atoms with van der Waals surface area (Å²) in [5, 5.41) is 8.52. The number of anilines is 1. The molecule has 2 heterocycles. The molecular weight excluding hydrogens is 281 g/mol. The van der Waals surface area contributed by atoms with Crippen LogP contribution in [0.15, 0.2) is 49.1 Å². The summed E-state index contributed by atoms with van der Waals surface area (Å²) in [6, 6.07) is 10.1. The lowest BCUT2D eigenvalue weighted by Gasteiger charge is -2.16. The molecule has 0 spiro atoms. The van der Waals surface area contributed by atoms with E-state index in [4.69, 9.17) is 4.74 Å². The maximum Gasteiger partial charge on any atom is 0.151 e. The molecule has 0 N–H and O–H groups in total. The first kappa shape index (κ1) is 14.7. The third kappa shape index (κ3) is 3.31. The van der Waals surface area contributed by atoms with Gasteiger partial charge in [-0.1, -0.05) is 6.08 Å². The highest BCUT2D eigenvalue weighted by molar-refractivity contribution is 5.59. The summed E-state index contributed by atoms with van der Waals surface area (Å²) in [5.74, 6) is 0.589. The van der Waals surface area contributed by atoms with Crippen molar-refractivity contribution >= 4 is 5.82 Å². The third-order valence-corrected chi connectivity index (χ3v) is 3.71. The largest absolute Gasteiger partial charge is 0.372 e. The first-order valence-electron chi connectivity index (χ1n) is 7.33. The van der Waals surface area contributed by atoms with Gasteiger partial charge in [-0.2, -0.15) is 0 Å². The van der Waals surface area contributed by atoms with Crippen molar-refractivity contribution in [3.05, 3.63) is 54.9 Å². The van der Waals surface area contributed by atoms with Crippen LogP contribution in [0.4, 0.5) is 10.2 Å². The van der Waals surface area contributed by atoms with Crippen LogP contribution in [0, 0.1) is 5.82 Å². The molecule has 3 rings (SSSR count). The van der Waals surface area contributed by atoms with Gasteiger partial charge in [0.1, 0.15) is 5.82 Å². The quantitative estimate of drug-likeness (QED) is 0.795. The van der Waals surface area contributed by atoms with Crippen molar-refractivity contribution < 1.29 is 9.13 Å². The number of nitrogens with zero attached hydrogens (tertiary/aromatic N) is 3. The van der Waals surface area contributed by atoms with Crippen LogP contribution in [0.3, 0.4) is 0 Å². The number of hydrogen-bond donors (Lipinski definition) is 0. The molecule has 5 heteroatoms. The average Bonchev–Trinajstić information content (AvgIpc) is 3.03. The van der Waals surface area contributed by atoms with E-state index in [1.807, 2.05) is 12.1 Å². The monoisotopic (exact) mass is 299 g/mol. The molecule has 4 nitrogen and oxygen atoms in total. The van der Waals surface area contributed by atoms with E-state index in [1.54, 1.807) is 18.2 Å². The van der Waals surface area contributed by atoms with Crippen LogP contribution in [0.2, 0.25) is 0 Å². The number of aromatic nitrogens is 2. The minimum absolute atomic E-state index is 0.219. The fourth-order valence-electron chi connectivity index (χ4n) is 2.54. The van der Waals surface area contributed by atoms with Crippen LogP contribution in [0.25, 0.3) is 11.3 Å². The number of benzene rings is 1. The average molecular weight is 299 g/mol. The molecule has 0 bridgehead atoms. The summed E-state index contributed by atoms with van der Waals surface area (Å²) in [4.78, 5) is 2.16. The zero-order valence-corrected chi connectivity index (χ0v) is 12.3. The second-order valence-corrected chi connectivity index (χ2v) is 5.26. The van der Waals surface area contributed by atoms with E-state index in [0.29, 0.717) is 6.61 Å². The molecule has 0 radical (unpaired) electrons. The molecular formula is C17H18FN3O. The van der Waals surface area contributed by atoms with E-state index in [0.717, 1.165) is 36.6 Å². The van der Waals surface area contributed by atoms with Crippen LogP contribution in [-0.2, 0) is 4.74 Å². The number of halogens is 1. The van der Waals surface area contributed by atoms with Gasteiger partial charge in [0, 0.05) is 18.7 Å². The molecule has 0 amide bonds. The summed E-state index contributed by atoms with van der Waals surface area (Å²) in [7, 11) is 0. The highest BCUT2D eigenvalue weighted by Crippen LogP contribution is 2.22. The zero-order chi connectivity index (χ0) is 15.4. The predicted molar refractivity (Wildman–Crippen MR) is 84.2 cm³/mol. The van der Waals surface area contributed by atoms with Gasteiger partial charge in [0.2, 0.25) is 0 Å². The standard InChI is InChI=1S/C17H18FN3O/c1-2-11-22-15-9-10-21(12-15)17-8-7-16(19-20-17)13-3-5-14(18)6-4-13/h2-8,15H,1,9-12H2. The fraction of sp³-hybridized carbons (Fsp3) is 0.294. The van der Waals surface area contributed by atoms with Crippen molar-refractivity contribution in [3.8, 4) is 11.3 Å². The smallest absolute Gasteiger partial charge is 0.151 e. The first-order valence-corrected chi connectivity index (χ1v) is 7.33. The Bertz CT molecular complexity index is 627. The van der Waals surface area contributed by atoms with E-state index >= 15 is 0 Å². The van der Waals surface area contributed by atoms with E-state index in [1.165, 1.54) is 12.1 Å². The Balaban J connectivity index is 1.67. The summed E-state index contributed by atoms with van der Waals surface area (Å²) < 4.78 is 18.6.